The number of carbonyl (C=O) groups is 1. The Morgan fingerprint density at radius 2 is 2.12 bits per heavy atom. The van der Waals surface area contributed by atoms with E-state index in [4.69, 9.17) is 11.6 Å². The Labute approximate surface area is 152 Å². The predicted molar refractivity (Wildman–Crippen MR) is 93.8 cm³/mol. The average Bonchev–Trinajstić information content (AvgIpc) is 3.01. The molecule has 132 valence electrons. The summed E-state index contributed by atoms with van der Waals surface area (Å²) in [5.74, 6) is -1.43. The molecule has 1 N–H and O–H groups in total. The van der Waals surface area contributed by atoms with Crippen molar-refractivity contribution in [3.8, 4) is 0 Å². The largest absolute Gasteiger partial charge is 0.322 e. The number of rotatable bonds is 5. The van der Waals surface area contributed by atoms with Crippen LogP contribution >= 0.6 is 11.6 Å². The molecule has 0 aliphatic carbocycles. The zero-order valence-electron chi connectivity index (χ0n) is 13.2. The van der Waals surface area contributed by atoms with Crippen LogP contribution in [0.1, 0.15) is 15.9 Å². The van der Waals surface area contributed by atoms with Crippen LogP contribution in [0, 0.1) is 15.9 Å². The number of amides is 1. The van der Waals surface area contributed by atoms with Crippen molar-refractivity contribution in [2.75, 3.05) is 5.32 Å². The molecule has 0 radical (unpaired) electrons. The third-order valence-corrected chi connectivity index (χ3v) is 3.73. The molecule has 9 heteroatoms. The molecule has 0 spiro atoms. The van der Waals surface area contributed by atoms with Gasteiger partial charge < -0.3 is 5.32 Å². The normalized spacial score (nSPS) is 10.5. The number of nitro groups is 1. The van der Waals surface area contributed by atoms with Gasteiger partial charge in [0.2, 0.25) is 5.82 Å². The number of aromatic nitrogens is 2. The maximum atomic E-state index is 13.4. The minimum atomic E-state index is -0.965. The van der Waals surface area contributed by atoms with E-state index in [0.717, 1.165) is 17.7 Å². The molecule has 0 aliphatic heterocycles. The van der Waals surface area contributed by atoms with Gasteiger partial charge in [-0.25, -0.2) is 0 Å². The van der Waals surface area contributed by atoms with Gasteiger partial charge in [0.15, 0.2) is 0 Å². The van der Waals surface area contributed by atoms with E-state index in [0.29, 0.717) is 17.1 Å². The molecule has 3 aromatic rings. The van der Waals surface area contributed by atoms with Gasteiger partial charge in [-0.05, 0) is 29.8 Å². The monoisotopic (exact) mass is 374 g/mol. The Morgan fingerprint density at radius 1 is 1.31 bits per heavy atom. The smallest absolute Gasteiger partial charge is 0.306 e. The quantitative estimate of drug-likeness (QED) is 0.542. The van der Waals surface area contributed by atoms with Gasteiger partial charge >= 0.3 is 5.69 Å². The Bertz CT molecular complexity index is 990. The number of carbonyl (C=O) groups excluding carboxylic acids is 1. The highest BCUT2D eigenvalue weighted by Crippen LogP contribution is 2.22. The van der Waals surface area contributed by atoms with Crippen LogP contribution in [0.3, 0.4) is 0 Å². The number of nitrogens with zero attached hydrogens (tertiary/aromatic N) is 3. The van der Waals surface area contributed by atoms with Gasteiger partial charge in [0, 0.05) is 23.5 Å². The second-order valence-electron chi connectivity index (χ2n) is 5.43. The van der Waals surface area contributed by atoms with E-state index in [1.807, 2.05) is 6.07 Å². The maximum Gasteiger partial charge on any atom is 0.306 e. The summed E-state index contributed by atoms with van der Waals surface area (Å²) in [5, 5.41) is 17.9. The summed E-state index contributed by atoms with van der Waals surface area (Å²) in [6.45, 7) is 0.426. The average molecular weight is 375 g/mol. The minimum absolute atomic E-state index is 0.132. The molecule has 0 unspecified atom stereocenters. The maximum absolute atomic E-state index is 13.4. The molecule has 0 atom stereocenters. The Balaban J connectivity index is 1.77. The van der Waals surface area contributed by atoms with E-state index in [9.17, 15) is 19.3 Å². The van der Waals surface area contributed by atoms with Gasteiger partial charge in [0.25, 0.3) is 5.91 Å². The summed E-state index contributed by atoms with van der Waals surface area (Å²) in [6.07, 6.45) is 3.17. The van der Waals surface area contributed by atoms with Crippen LogP contribution in [-0.2, 0) is 6.54 Å². The fraction of sp³-hybridized carbons (Fsp3) is 0.0588. The van der Waals surface area contributed by atoms with Crippen molar-refractivity contribution >= 4 is 28.9 Å². The van der Waals surface area contributed by atoms with Crippen molar-refractivity contribution in [2.45, 2.75) is 6.54 Å². The van der Waals surface area contributed by atoms with E-state index in [1.54, 1.807) is 29.1 Å². The van der Waals surface area contributed by atoms with Gasteiger partial charge in [-0.1, -0.05) is 23.7 Å². The van der Waals surface area contributed by atoms with Crippen molar-refractivity contribution < 1.29 is 14.1 Å². The third-order valence-electron chi connectivity index (χ3n) is 3.54. The highest BCUT2D eigenvalue weighted by Gasteiger charge is 2.16. The van der Waals surface area contributed by atoms with E-state index in [2.05, 4.69) is 10.4 Å². The van der Waals surface area contributed by atoms with Crippen molar-refractivity contribution in [3.63, 3.8) is 0 Å². The number of benzene rings is 2. The summed E-state index contributed by atoms with van der Waals surface area (Å²) in [5.41, 5.74) is 0.606. The van der Waals surface area contributed by atoms with Gasteiger partial charge in [-0.15, -0.1) is 0 Å². The lowest BCUT2D eigenvalue weighted by atomic mass is 10.1. The molecule has 0 saturated carbocycles. The Kier molecular flexibility index (Phi) is 4.94. The molecule has 0 fully saturated rings. The van der Waals surface area contributed by atoms with Gasteiger partial charge in [-0.2, -0.15) is 9.49 Å². The zero-order valence-corrected chi connectivity index (χ0v) is 14.0. The van der Waals surface area contributed by atoms with E-state index >= 15 is 0 Å². The topological polar surface area (TPSA) is 90.1 Å². The molecule has 1 aromatic heterocycles. The Morgan fingerprint density at radius 3 is 2.81 bits per heavy atom. The highest BCUT2D eigenvalue weighted by molar-refractivity contribution is 6.30. The number of nitro benzene ring substituents is 1. The SMILES string of the molecule is O=C(Nc1ccc(F)c([N+](=O)[O-])c1)c1cccc(Cn2cc(Cl)cn2)c1. The van der Waals surface area contributed by atoms with E-state index < -0.39 is 22.3 Å². The second kappa shape index (κ2) is 7.32. The lowest BCUT2D eigenvalue weighted by Gasteiger charge is -2.08. The molecule has 1 amide bonds. The van der Waals surface area contributed by atoms with Crippen molar-refractivity contribution in [3.05, 3.63) is 86.9 Å². The van der Waals surface area contributed by atoms with Gasteiger partial charge in [0.05, 0.1) is 22.7 Å². The summed E-state index contributed by atoms with van der Waals surface area (Å²) in [7, 11) is 0. The number of hydrogen-bond donors (Lipinski definition) is 1. The number of nitrogens with one attached hydrogen (secondary N) is 1. The van der Waals surface area contributed by atoms with Crippen LogP contribution in [0.2, 0.25) is 5.02 Å². The molecular formula is C17H12ClFN4O3. The van der Waals surface area contributed by atoms with Crippen LogP contribution in [-0.4, -0.2) is 20.6 Å². The van der Waals surface area contributed by atoms with Crippen LogP contribution in [0.25, 0.3) is 0 Å². The van der Waals surface area contributed by atoms with Crippen molar-refractivity contribution in [1.29, 1.82) is 0 Å². The van der Waals surface area contributed by atoms with Crippen LogP contribution < -0.4 is 5.32 Å². The molecule has 7 nitrogen and oxygen atoms in total. The van der Waals surface area contributed by atoms with Crippen LogP contribution in [0.15, 0.2) is 54.9 Å². The molecule has 3 rings (SSSR count). The third kappa shape index (κ3) is 4.04. The molecule has 0 saturated heterocycles. The minimum Gasteiger partial charge on any atom is -0.322 e. The first-order chi connectivity index (χ1) is 12.4. The zero-order chi connectivity index (χ0) is 18.7. The molecule has 1 heterocycles. The standard InChI is InChI=1S/C17H12ClFN4O3/c18-13-8-20-22(10-13)9-11-2-1-3-12(6-11)17(24)21-14-4-5-15(19)16(7-14)23(25)26/h1-8,10H,9H2,(H,21,24). The molecule has 26 heavy (non-hydrogen) atoms. The summed E-state index contributed by atoms with van der Waals surface area (Å²) >= 11 is 5.82. The lowest BCUT2D eigenvalue weighted by Crippen LogP contribution is -2.13. The fourth-order valence-electron chi connectivity index (χ4n) is 2.36. The number of hydrogen-bond acceptors (Lipinski definition) is 4. The first kappa shape index (κ1) is 17.6. The van der Waals surface area contributed by atoms with E-state index in [-0.39, 0.29) is 5.69 Å². The fourth-order valence-corrected chi connectivity index (χ4v) is 2.51. The van der Waals surface area contributed by atoms with Crippen LogP contribution in [0.5, 0.6) is 0 Å². The lowest BCUT2D eigenvalue weighted by molar-refractivity contribution is -0.387. The summed E-state index contributed by atoms with van der Waals surface area (Å²) in [4.78, 5) is 22.3. The molecule has 0 bridgehead atoms. The van der Waals surface area contributed by atoms with Crippen molar-refractivity contribution in [1.82, 2.24) is 9.78 Å². The summed E-state index contributed by atoms with van der Waals surface area (Å²) in [6, 6.07) is 9.98. The van der Waals surface area contributed by atoms with Crippen molar-refractivity contribution in [2.24, 2.45) is 0 Å². The number of halogens is 2. The second-order valence-corrected chi connectivity index (χ2v) is 5.87. The predicted octanol–water partition coefficient (Wildman–Crippen LogP) is 3.88. The first-order valence-corrected chi connectivity index (χ1v) is 7.82. The van der Waals surface area contributed by atoms with E-state index in [1.165, 1.54) is 12.3 Å². The van der Waals surface area contributed by atoms with Crippen LogP contribution in [0.4, 0.5) is 15.8 Å². The molecular weight excluding hydrogens is 363 g/mol. The first-order valence-electron chi connectivity index (χ1n) is 7.44. The molecule has 0 aliphatic rings. The Hall–Kier alpha value is -3.26. The molecule has 2 aromatic carbocycles. The van der Waals surface area contributed by atoms with Gasteiger partial charge in [0.1, 0.15) is 0 Å². The van der Waals surface area contributed by atoms with Gasteiger partial charge in [-0.3, -0.25) is 19.6 Å². The highest BCUT2D eigenvalue weighted by atomic mass is 35.5. The summed E-state index contributed by atoms with van der Waals surface area (Å²) < 4.78 is 15.0. The number of anilines is 1.